The first-order chi connectivity index (χ1) is 14.6. The second kappa shape index (κ2) is 8.73. The normalized spacial score (nSPS) is 13.2. The van der Waals surface area contributed by atoms with Gasteiger partial charge in [-0.25, -0.2) is 9.97 Å². The molecule has 3 aromatic rings. The Kier molecular flexibility index (Phi) is 5.70. The number of carbonyl (C=O) groups is 2. The molecule has 0 bridgehead atoms. The molecule has 0 atom stereocenters. The van der Waals surface area contributed by atoms with E-state index in [2.05, 4.69) is 25.5 Å². The molecule has 0 radical (unpaired) electrons. The van der Waals surface area contributed by atoms with Crippen molar-refractivity contribution >= 4 is 29.1 Å². The summed E-state index contributed by atoms with van der Waals surface area (Å²) in [6.07, 6.45) is 4.13. The van der Waals surface area contributed by atoms with E-state index in [1.165, 1.54) is 19.8 Å². The van der Waals surface area contributed by atoms with E-state index < -0.39 is 0 Å². The van der Waals surface area contributed by atoms with Crippen LogP contribution in [-0.4, -0.2) is 34.9 Å². The van der Waals surface area contributed by atoms with Gasteiger partial charge in [0.1, 0.15) is 0 Å². The van der Waals surface area contributed by atoms with Gasteiger partial charge in [0.2, 0.25) is 11.9 Å². The van der Waals surface area contributed by atoms with Gasteiger partial charge < -0.3 is 15.5 Å². The Morgan fingerprint density at radius 2 is 1.50 bits per heavy atom. The number of hydrogen-bond acceptors (Lipinski definition) is 5. The molecule has 7 nitrogen and oxygen atoms in total. The van der Waals surface area contributed by atoms with Crippen LogP contribution in [0, 0.1) is 0 Å². The summed E-state index contributed by atoms with van der Waals surface area (Å²) in [4.78, 5) is 34.9. The van der Waals surface area contributed by atoms with Crippen LogP contribution in [0.15, 0.2) is 60.8 Å². The third kappa shape index (κ3) is 4.63. The molecule has 1 saturated heterocycles. The van der Waals surface area contributed by atoms with E-state index in [0.717, 1.165) is 30.3 Å². The molecule has 2 N–H and O–H groups in total. The zero-order valence-electron chi connectivity index (χ0n) is 16.8. The van der Waals surface area contributed by atoms with E-state index in [0.29, 0.717) is 16.9 Å². The zero-order chi connectivity index (χ0) is 20.9. The Morgan fingerprint density at radius 1 is 0.867 bits per heavy atom. The van der Waals surface area contributed by atoms with Crippen molar-refractivity contribution in [2.45, 2.75) is 19.8 Å². The number of rotatable bonds is 5. The Morgan fingerprint density at radius 3 is 2.13 bits per heavy atom. The Hall–Kier alpha value is -3.74. The van der Waals surface area contributed by atoms with E-state index in [-0.39, 0.29) is 11.8 Å². The lowest BCUT2D eigenvalue weighted by Crippen LogP contribution is -2.20. The molecule has 0 aliphatic carbocycles. The van der Waals surface area contributed by atoms with Gasteiger partial charge in [0.25, 0.3) is 5.91 Å². The topological polar surface area (TPSA) is 87.2 Å². The van der Waals surface area contributed by atoms with Crippen LogP contribution in [0.5, 0.6) is 0 Å². The van der Waals surface area contributed by atoms with Crippen LogP contribution in [0.1, 0.15) is 30.1 Å². The zero-order valence-corrected chi connectivity index (χ0v) is 16.8. The molecule has 1 aromatic heterocycles. The van der Waals surface area contributed by atoms with E-state index in [1.54, 1.807) is 42.6 Å². The monoisotopic (exact) mass is 401 g/mol. The standard InChI is InChI=1S/C23H23N5O2/c1-16(29)25-19-8-10-20(11-9-19)26-22(30)18-6-4-17(5-7-18)21-12-13-24-23(27-21)28-14-2-3-15-28/h4-13H,2-3,14-15H2,1H3,(H,25,29)(H,26,30). The van der Waals surface area contributed by atoms with Crippen molar-refractivity contribution in [2.24, 2.45) is 0 Å². The lowest BCUT2D eigenvalue weighted by atomic mass is 10.1. The van der Waals surface area contributed by atoms with Crippen LogP contribution < -0.4 is 15.5 Å². The largest absolute Gasteiger partial charge is 0.341 e. The average molecular weight is 401 g/mol. The van der Waals surface area contributed by atoms with Gasteiger partial charge in [-0.05, 0) is 55.3 Å². The van der Waals surface area contributed by atoms with Gasteiger partial charge in [-0.1, -0.05) is 12.1 Å². The molecule has 2 amide bonds. The highest BCUT2D eigenvalue weighted by Gasteiger charge is 2.15. The molecule has 0 spiro atoms. The number of benzene rings is 2. The van der Waals surface area contributed by atoms with Crippen molar-refractivity contribution in [3.8, 4) is 11.3 Å². The lowest BCUT2D eigenvalue weighted by Gasteiger charge is -2.15. The van der Waals surface area contributed by atoms with Crippen molar-refractivity contribution < 1.29 is 9.59 Å². The summed E-state index contributed by atoms with van der Waals surface area (Å²) >= 11 is 0. The van der Waals surface area contributed by atoms with Crippen LogP contribution in [0.3, 0.4) is 0 Å². The maximum atomic E-state index is 12.5. The van der Waals surface area contributed by atoms with Crippen LogP contribution in [-0.2, 0) is 4.79 Å². The number of amides is 2. The molecule has 30 heavy (non-hydrogen) atoms. The van der Waals surface area contributed by atoms with Crippen LogP contribution >= 0.6 is 0 Å². The molecule has 7 heteroatoms. The van der Waals surface area contributed by atoms with Gasteiger partial charge in [0.05, 0.1) is 5.69 Å². The van der Waals surface area contributed by atoms with Crippen molar-refractivity contribution in [3.63, 3.8) is 0 Å². The molecule has 0 saturated carbocycles. The first kappa shape index (κ1) is 19.6. The maximum Gasteiger partial charge on any atom is 0.255 e. The summed E-state index contributed by atoms with van der Waals surface area (Å²) in [5.41, 5.74) is 3.67. The summed E-state index contributed by atoms with van der Waals surface area (Å²) in [7, 11) is 0. The Labute approximate surface area is 175 Å². The van der Waals surface area contributed by atoms with Crippen molar-refractivity contribution in [2.75, 3.05) is 28.6 Å². The van der Waals surface area contributed by atoms with Gasteiger partial charge in [-0.15, -0.1) is 0 Å². The molecule has 0 unspecified atom stereocenters. The third-order valence-corrected chi connectivity index (χ3v) is 4.94. The van der Waals surface area contributed by atoms with E-state index in [4.69, 9.17) is 0 Å². The quantitative estimate of drug-likeness (QED) is 0.676. The second-order valence-corrected chi connectivity index (χ2v) is 7.23. The predicted molar refractivity (Wildman–Crippen MR) is 118 cm³/mol. The van der Waals surface area contributed by atoms with E-state index in [9.17, 15) is 9.59 Å². The fourth-order valence-electron chi connectivity index (χ4n) is 3.41. The fraction of sp³-hybridized carbons (Fsp3) is 0.217. The molecule has 2 aromatic carbocycles. The Bertz CT molecular complexity index is 1040. The van der Waals surface area contributed by atoms with E-state index in [1.807, 2.05) is 18.2 Å². The first-order valence-corrected chi connectivity index (χ1v) is 9.96. The second-order valence-electron chi connectivity index (χ2n) is 7.23. The maximum absolute atomic E-state index is 12.5. The number of aromatic nitrogens is 2. The van der Waals surface area contributed by atoms with Gasteiger partial charge in [0.15, 0.2) is 0 Å². The predicted octanol–water partition coefficient (Wildman–Crippen LogP) is 3.95. The molecule has 1 aliphatic heterocycles. The molecule has 1 fully saturated rings. The lowest BCUT2D eigenvalue weighted by molar-refractivity contribution is -0.114. The number of hydrogen-bond donors (Lipinski definition) is 2. The summed E-state index contributed by atoms with van der Waals surface area (Å²) in [6.45, 7) is 3.44. The molecule has 1 aliphatic rings. The van der Waals surface area contributed by atoms with Gasteiger partial charge in [-0.3, -0.25) is 9.59 Å². The summed E-state index contributed by atoms with van der Waals surface area (Å²) in [5, 5.41) is 5.56. The highest BCUT2D eigenvalue weighted by atomic mass is 16.2. The smallest absolute Gasteiger partial charge is 0.255 e. The molecule has 4 rings (SSSR count). The van der Waals surface area contributed by atoms with Crippen molar-refractivity contribution in [1.82, 2.24) is 9.97 Å². The van der Waals surface area contributed by atoms with Gasteiger partial charge in [0, 0.05) is 48.7 Å². The minimum Gasteiger partial charge on any atom is -0.341 e. The van der Waals surface area contributed by atoms with Gasteiger partial charge >= 0.3 is 0 Å². The summed E-state index contributed by atoms with van der Waals surface area (Å²) < 4.78 is 0. The number of nitrogens with one attached hydrogen (secondary N) is 2. The third-order valence-electron chi connectivity index (χ3n) is 4.94. The molecule has 152 valence electrons. The number of anilines is 3. The van der Waals surface area contributed by atoms with Crippen molar-refractivity contribution in [3.05, 3.63) is 66.4 Å². The minimum absolute atomic E-state index is 0.136. The summed E-state index contributed by atoms with van der Waals surface area (Å²) in [5.74, 6) is 0.423. The van der Waals surface area contributed by atoms with Gasteiger partial charge in [-0.2, -0.15) is 0 Å². The minimum atomic E-state index is -0.200. The Balaban J connectivity index is 1.43. The molecule has 2 heterocycles. The number of nitrogens with zero attached hydrogens (tertiary/aromatic N) is 3. The van der Waals surface area contributed by atoms with Crippen LogP contribution in [0.25, 0.3) is 11.3 Å². The van der Waals surface area contributed by atoms with E-state index >= 15 is 0 Å². The molecular weight excluding hydrogens is 378 g/mol. The molecular formula is C23H23N5O2. The summed E-state index contributed by atoms with van der Waals surface area (Å²) in [6, 6.07) is 16.2. The highest BCUT2D eigenvalue weighted by Crippen LogP contribution is 2.22. The first-order valence-electron chi connectivity index (χ1n) is 9.96. The highest BCUT2D eigenvalue weighted by molar-refractivity contribution is 6.04. The fourth-order valence-corrected chi connectivity index (χ4v) is 3.41. The number of carbonyl (C=O) groups excluding carboxylic acids is 2. The van der Waals surface area contributed by atoms with Crippen LogP contribution in [0.4, 0.5) is 17.3 Å². The van der Waals surface area contributed by atoms with Crippen LogP contribution in [0.2, 0.25) is 0 Å². The van der Waals surface area contributed by atoms with Crippen molar-refractivity contribution in [1.29, 1.82) is 0 Å². The SMILES string of the molecule is CC(=O)Nc1ccc(NC(=O)c2ccc(-c3ccnc(N4CCCC4)n3)cc2)cc1. The average Bonchev–Trinajstić information content (AvgIpc) is 3.30.